The molecule has 2 atom stereocenters. The summed E-state index contributed by atoms with van der Waals surface area (Å²) >= 11 is 18.2. The zero-order valence-electron chi connectivity index (χ0n) is 9.06. The highest BCUT2D eigenvalue weighted by Gasteiger charge is 2.23. The molecule has 1 saturated carbocycles. The molecular formula is C13H15Cl3. The molecule has 0 nitrogen and oxygen atoms in total. The predicted octanol–water partition coefficient (Wildman–Crippen LogP) is 5.33. The Balaban J connectivity index is 2.05. The van der Waals surface area contributed by atoms with Crippen molar-refractivity contribution in [3.05, 3.63) is 33.8 Å². The fraction of sp³-hybridized carbons (Fsp3) is 0.538. The SMILES string of the molecule is Clc1ccc(CC2CCCCC2Cl)cc1Cl. The number of rotatable bonds is 2. The van der Waals surface area contributed by atoms with Crippen molar-refractivity contribution in [3.63, 3.8) is 0 Å². The van der Waals surface area contributed by atoms with Gasteiger partial charge in [0, 0.05) is 5.38 Å². The van der Waals surface area contributed by atoms with Crippen molar-refractivity contribution in [1.82, 2.24) is 0 Å². The van der Waals surface area contributed by atoms with Gasteiger partial charge in [-0.15, -0.1) is 11.6 Å². The molecule has 16 heavy (non-hydrogen) atoms. The molecule has 0 amide bonds. The van der Waals surface area contributed by atoms with E-state index in [9.17, 15) is 0 Å². The number of hydrogen-bond donors (Lipinski definition) is 0. The topological polar surface area (TPSA) is 0 Å². The molecule has 1 fully saturated rings. The van der Waals surface area contributed by atoms with Crippen molar-refractivity contribution in [2.45, 2.75) is 37.5 Å². The molecule has 0 bridgehead atoms. The summed E-state index contributed by atoms with van der Waals surface area (Å²) in [4.78, 5) is 0. The maximum absolute atomic E-state index is 6.34. The molecule has 3 heteroatoms. The zero-order valence-corrected chi connectivity index (χ0v) is 11.3. The van der Waals surface area contributed by atoms with Gasteiger partial charge >= 0.3 is 0 Å². The van der Waals surface area contributed by atoms with Crippen molar-refractivity contribution >= 4 is 34.8 Å². The molecule has 0 saturated heterocycles. The summed E-state index contributed by atoms with van der Waals surface area (Å²) < 4.78 is 0. The van der Waals surface area contributed by atoms with Crippen LogP contribution >= 0.6 is 34.8 Å². The molecule has 0 radical (unpaired) electrons. The average Bonchev–Trinajstić information content (AvgIpc) is 2.27. The molecule has 1 aromatic rings. The molecule has 1 aromatic carbocycles. The van der Waals surface area contributed by atoms with Crippen molar-refractivity contribution in [1.29, 1.82) is 0 Å². The summed E-state index contributed by atoms with van der Waals surface area (Å²) in [6.45, 7) is 0. The number of halogens is 3. The fourth-order valence-corrected chi connectivity index (χ4v) is 3.05. The summed E-state index contributed by atoms with van der Waals surface area (Å²) in [5.74, 6) is 0.590. The number of alkyl halides is 1. The summed E-state index contributed by atoms with van der Waals surface area (Å²) in [6, 6.07) is 5.87. The van der Waals surface area contributed by atoms with Gasteiger partial charge in [-0.25, -0.2) is 0 Å². The first-order chi connectivity index (χ1) is 7.66. The average molecular weight is 278 g/mol. The van der Waals surface area contributed by atoms with E-state index in [0.29, 0.717) is 21.3 Å². The highest BCUT2D eigenvalue weighted by atomic mass is 35.5. The molecule has 0 aromatic heterocycles. The molecule has 0 aliphatic heterocycles. The van der Waals surface area contributed by atoms with E-state index >= 15 is 0 Å². The minimum atomic E-state index is 0.322. The summed E-state index contributed by atoms with van der Waals surface area (Å²) in [5.41, 5.74) is 1.24. The van der Waals surface area contributed by atoms with E-state index in [1.54, 1.807) is 0 Å². The van der Waals surface area contributed by atoms with E-state index < -0.39 is 0 Å². The van der Waals surface area contributed by atoms with Crippen molar-refractivity contribution < 1.29 is 0 Å². The summed E-state index contributed by atoms with van der Waals surface area (Å²) in [7, 11) is 0. The first-order valence-electron chi connectivity index (χ1n) is 5.75. The van der Waals surface area contributed by atoms with Gasteiger partial charge in [0.25, 0.3) is 0 Å². The second-order valence-electron chi connectivity index (χ2n) is 4.51. The van der Waals surface area contributed by atoms with Crippen LogP contribution in [-0.2, 0) is 6.42 Å². The highest BCUT2D eigenvalue weighted by Crippen LogP contribution is 2.32. The standard InChI is InChI=1S/C13H15Cl3/c14-11-4-2-1-3-10(11)7-9-5-6-12(15)13(16)8-9/h5-6,8,10-11H,1-4,7H2. The van der Waals surface area contributed by atoms with Gasteiger partial charge in [0.2, 0.25) is 0 Å². The van der Waals surface area contributed by atoms with Crippen LogP contribution in [0.5, 0.6) is 0 Å². The smallest absolute Gasteiger partial charge is 0.0595 e. The first-order valence-corrected chi connectivity index (χ1v) is 6.94. The van der Waals surface area contributed by atoms with Gasteiger partial charge in [-0.1, -0.05) is 42.1 Å². The Bertz CT molecular complexity index is 362. The maximum atomic E-state index is 6.34. The van der Waals surface area contributed by atoms with E-state index in [0.717, 1.165) is 12.8 Å². The molecule has 88 valence electrons. The quantitative estimate of drug-likeness (QED) is 0.641. The van der Waals surface area contributed by atoms with Gasteiger partial charge in [-0.3, -0.25) is 0 Å². The highest BCUT2D eigenvalue weighted by molar-refractivity contribution is 6.42. The first kappa shape index (κ1) is 12.5. The number of benzene rings is 1. The third kappa shape index (κ3) is 3.06. The van der Waals surface area contributed by atoms with Gasteiger partial charge in [0.1, 0.15) is 0 Å². The van der Waals surface area contributed by atoms with Gasteiger partial charge in [-0.2, -0.15) is 0 Å². The molecule has 0 spiro atoms. The van der Waals surface area contributed by atoms with E-state index in [1.807, 2.05) is 18.2 Å². The maximum Gasteiger partial charge on any atom is 0.0595 e. The minimum absolute atomic E-state index is 0.322. The van der Waals surface area contributed by atoms with Crippen LogP contribution in [0.2, 0.25) is 10.0 Å². The van der Waals surface area contributed by atoms with Crippen LogP contribution in [0.15, 0.2) is 18.2 Å². The lowest BCUT2D eigenvalue weighted by Gasteiger charge is -2.27. The Kier molecular flexibility index (Phi) is 4.41. The Labute approximate surface area is 112 Å². The van der Waals surface area contributed by atoms with Gasteiger partial charge in [0.15, 0.2) is 0 Å². The Morgan fingerprint density at radius 3 is 2.50 bits per heavy atom. The van der Waals surface area contributed by atoms with E-state index in [-0.39, 0.29) is 0 Å². The van der Waals surface area contributed by atoms with Crippen LogP contribution in [-0.4, -0.2) is 5.38 Å². The molecule has 0 heterocycles. The molecular weight excluding hydrogens is 263 g/mol. The zero-order chi connectivity index (χ0) is 11.5. The second kappa shape index (κ2) is 5.62. The van der Waals surface area contributed by atoms with Gasteiger partial charge in [-0.05, 0) is 42.9 Å². The Morgan fingerprint density at radius 2 is 1.81 bits per heavy atom. The molecule has 2 unspecified atom stereocenters. The van der Waals surface area contributed by atoms with E-state index in [4.69, 9.17) is 34.8 Å². The third-order valence-electron chi connectivity index (χ3n) is 3.30. The molecule has 1 aliphatic carbocycles. The number of hydrogen-bond acceptors (Lipinski definition) is 0. The van der Waals surface area contributed by atoms with Crippen molar-refractivity contribution in [2.24, 2.45) is 5.92 Å². The molecule has 2 rings (SSSR count). The monoisotopic (exact) mass is 276 g/mol. The largest absolute Gasteiger partial charge is 0.123 e. The third-order valence-corrected chi connectivity index (χ3v) is 4.61. The molecule has 1 aliphatic rings. The summed E-state index contributed by atoms with van der Waals surface area (Å²) in [6.07, 6.45) is 5.97. The molecule has 0 N–H and O–H groups in total. The van der Waals surface area contributed by atoms with Crippen LogP contribution < -0.4 is 0 Å². The van der Waals surface area contributed by atoms with Crippen LogP contribution in [0.1, 0.15) is 31.2 Å². The predicted molar refractivity (Wildman–Crippen MR) is 71.8 cm³/mol. The van der Waals surface area contributed by atoms with Crippen molar-refractivity contribution in [3.8, 4) is 0 Å². The summed E-state index contributed by atoms with van der Waals surface area (Å²) in [5, 5.41) is 1.58. The van der Waals surface area contributed by atoms with Gasteiger partial charge in [0.05, 0.1) is 10.0 Å². The fourth-order valence-electron chi connectivity index (χ4n) is 2.36. The van der Waals surface area contributed by atoms with E-state index in [2.05, 4.69) is 0 Å². The lowest BCUT2D eigenvalue weighted by molar-refractivity contribution is 0.364. The van der Waals surface area contributed by atoms with Crippen LogP contribution in [0.25, 0.3) is 0 Å². The lowest BCUT2D eigenvalue weighted by Crippen LogP contribution is -2.21. The van der Waals surface area contributed by atoms with Crippen LogP contribution in [0.4, 0.5) is 0 Å². The van der Waals surface area contributed by atoms with E-state index in [1.165, 1.54) is 24.8 Å². The lowest BCUT2D eigenvalue weighted by atomic mass is 9.84. The Hall–Kier alpha value is 0.0900. The Morgan fingerprint density at radius 1 is 1.06 bits per heavy atom. The van der Waals surface area contributed by atoms with Gasteiger partial charge < -0.3 is 0 Å². The second-order valence-corrected chi connectivity index (χ2v) is 5.89. The normalized spacial score (nSPS) is 25.7. The minimum Gasteiger partial charge on any atom is -0.123 e. The van der Waals surface area contributed by atoms with Crippen molar-refractivity contribution in [2.75, 3.05) is 0 Å². The van der Waals surface area contributed by atoms with Crippen LogP contribution in [0, 0.1) is 5.92 Å². The van der Waals surface area contributed by atoms with Crippen LogP contribution in [0.3, 0.4) is 0 Å².